The average Bonchev–Trinajstić information content (AvgIpc) is 2.41. The Labute approximate surface area is 109 Å². The molecule has 0 radical (unpaired) electrons. The predicted molar refractivity (Wildman–Crippen MR) is 74.9 cm³/mol. The van der Waals surface area contributed by atoms with Crippen molar-refractivity contribution in [2.75, 3.05) is 18.4 Å². The zero-order chi connectivity index (χ0) is 13.2. The van der Waals surface area contributed by atoms with Gasteiger partial charge in [0.15, 0.2) is 0 Å². The lowest BCUT2D eigenvalue weighted by molar-refractivity contribution is 0.0953. The van der Waals surface area contributed by atoms with Crippen LogP contribution >= 0.6 is 0 Å². The highest BCUT2D eigenvalue weighted by Crippen LogP contribution is 2.13. The number of nitrogens with zero attached hydrogens (tertiary/aromatic N) is 1. The van der Waals surface area contributed by atoms with Gasteiger partial charge in [0.25, 0.3) is 5.91 Å². The summed E-state index contributed by atoms with van der Waals surface area (Å²) < 4.78 is 0. The van der Waals surface area contributed by atoms with Crippen molar-refractivity contribution in [2.24, 2.45) is 0 Å². The van der Waals surface area contributed by atoms with Gasteiger partial charge in [-0.15, -0.1) is 0 Å². The Morgan fingerprint density at radius 2 is 2.06 bits per heavy atom. The molecule has 1 aromatic heterocycles. The molecule has 4 nitrogen and oxygen atoms in total. The van der Waals surface area contributed by atoms with Crippen molar-refractivity contribution in [1.82, 2.24) is 10.3 Å². The van der Waals surface area contributed by atoms with Crippen LogP contribution < -0.4 is 10.6 Å². The van der Waals surface area contributed by atoms with E-state index in [0.29, 0.717) is 5.56 Å². The predicted octanol–water partition coefficient (Wildman–Crippen LogP) is 2.82. The molecule has 0 aliphatic heterocycles. The highest BCUT2D eigenvalue weighted by molar-refractivity contribution is 5.99. The number of rotatable bonds is 8. The van der Waals surface area contributed by atoms with Crippen LogP contribution in [0.5, 0.6) is 0 Å². The number of nitrogens with one attached hydrogen (secondary N) is 2. The molecule has 0 atom stereocenters. The smallest absolute Gasteiger partial charge is 0.254 e. The van der Waals surface area contributed by atoms with E-state index in [1.807, 2.05) is 6.07 Å². The van der Waals surface area contributed by atoms with Crippen LogP contribution in [-0.2, 0) is 0 Å². The van der Waals surface area contributed by atoms with Crippen LogP contribution in [0.2, 0.25) is 0 Å². The van der Waals surface area contributed by atoms with E-state index in [0.717, 1.165) is 44.5 Å². The fourth-order valence-electron chi connectivity index (χ4n) is 1.66. The lowest BCUT2D eigenvalue weighted by atomic mass is 10.2. The highest BCUT2D eigenvalue weighted by Gasteiger charge is 2.10. The van der Waals surface area contributed by atoms with Crippen molar-refractivity contribution in [3.8, 4) is 0 Å². The quantitative estimate of drug-likeness (QED) is 0.697. The van der Waals surface area contributed by atoms with Crippen molar-refractivity contribution in [3.05, 3.63) is 24.0 Å². The van der Waals surface area contributed by atoms with Gasteiger partial charge in [-0.25, -0.2) is 0 Å². The van der Waals surface area contributed by atoms with Gasteiger partial charge < -0.3 is 10.6 Å². The molecule has 4 heteroatoms. The second kappa shape index (κ2) is 8.50. The molecule has 100 valence electrons. The lowest BCUT2D eigenvalue weighted by Crippen LogP contribution is -2.25. The first kappa shape index (κ1) is 14.5. The Kier molecular flexibility index (Phi) is 6.84. The van der Waals surface area contributed by atoms with Gasteiger partial charge in [-0.3, -0.25) is 9.78 Å². The van der Waals surface area contributed by atoms with Gasteiger partial charge >= 0.3 is 0 Å². The number of pyridine rings is 1. The Bertz CT molecular complexity index is 366. The molecule has 1 heterocycles. The molecule has 0 aliphatic carbocycles. The topological polar surface area (TPSA) is 54.0 Å². The first-order valence-electron chi connectivity index (χ1n) is 6.75. The van der Waals surface area contributed by atoms with E-state index in [2.05, 4.69) is 29.5 Å². The fraction of sp³-hybridized carbons (Fsp3) is 0.571. The maximum absolute atomic E-state index is 12.0. The molecule has 0 aliphatic rings. The molecule has 0 saturated carbocycles. The van der Waals surface area contributed by atoms with Crippen LogP contribution in [-0.4, -0.2) is 24.0 Å². The minimum Gasteiger partial charge on any atom is -0.384 e. The summed E-state index contributed by atoms with van der Waals surface area (Å²) in [6, 6.07) is 1.84. The van der Waals surface area contributed by atoms with Crippen LogP contribution in [0, 0.1) is 0 Å². The van der Waals surface area contributed by atoms with Gasteiger partial charge in [-0.05, 0) is 18.9 Å². The normalized spacial score (nSPS) is 10.1. The fourth-order valence-corrected chi connectivity index (χ4v) is 1.66. The molecule has 18 heavy (non-hydrogen) atoms. The number of anilines is 1. The van der Waals surface area contributed by atoms with Crippen molar-refractivity contribution in [3.63, 3.8) is 0 Å². The molecule has 0 fully saturated rings. The van der Waals surface area contributed by atoms with Crippen molar-refractivity contribution < 1.29 is 4.79 Å². The largest absolute Gasteiger partial charge is 0.384 e. The van der Waals surface area contributed by atoms with Gasteiger partial charge in [0, 0.05) is 25.5 Å². The van der Waals surface area contributed by atoms with Crippen LogP contribution in [0.1, 0.15) is 49.9 Å². The number of amides is 1. The second-order valence-corrected chi connectivity index (χ2v) is 4.31. The second-order valence-electron chi connectivity index (χ2n) is 4.31. The lowest BCUT2D eigenvalue weighted by Gasteiger charge is -2.10. The summed E-state index contributed by atoms with van der Waals surface area (Å²) in [5, 5.41) is 6.18. The van der Waals surface area contributed by atoms with Gasteiger partial charge in [0.05, 0.1) is 11.3 Å². The molecule has 0 spiro atoms. The van der Waals surface area contributed by atoms with Crippen LogP contribution in [0.15, 0.2) is 18.5 Å². The van der Waals surface area contributed by atoms with Crippen molar-refractivity contribution in [1.29, 1.82) is 0 Å². The third-order valence-corrected chi connectivity index (χ3v) is 2.70. The monoisotopic (exact) mass is 249 g/mol. The van der Waals surface area contributed by atoms with Crippen molar-refractivity contribution in [2.45, 2.75) is 39.5 Å². The van der Waals surface area contributed by atoms with Gasteiger partial charge in [0.2, 0.25) is 0 Å². The Morgan fingerprint density at radius 3 is 2.78 bits per heavy atom. The molecule has 0 bridgehead atoms. The summed E-state index contributed by atoms with van der Waals surface area (Å²) in [5.41, 5.74) is 1.49. The number of carbonyl (C=O) groups excluding carboxylic acids is 1. The van der Waals surface area contributed by atoms with E-state index in [9.17, 15) is 4.79 Å². The summed E-state index contributed by atoms with van der Waals surface area (Å²) in [6.45, 7) is 5.84. The summed E-state index contributed by atoms with van der Waals surface area (Å²) in [7, 11) is 0. The number of hydrogen-bond donors (Lipinski definition) is 2. The Hall–Kier alpha value is -1.58. The molecule has 1 aromatic rings. The molecule has 0 unspecified atom stereocenters. The minimum absolute atomic E-state index is 0.0437. The zero-order valence-corrected chi connectivity index (χ0v) is 11.3. The SMILES string of the molecule is CCCCCNC(=O)c1cnccc1NCCC. The minimum atomic E-state index is -0.0437. The highest BCUT2D eigenvalue weighted by atomic mass is 16.1. The van der Waals surface area contributed by atoms with Gasteiger partial charge in [0.1, 0.15) is 0 Å². The van der Waals surface area contributed by atoms with Crippen LogP contribution in [0.4, 0.5) is 5.69 Å². The summed E-state index contributed by atoms with van der Waals surface area (Å²) in [4.78, 5) is 16.0. The third-order valence-electron chi connectivity index (χ3n) is 2.70. The molecule has 1 rings (SSSR count). The molecular weight excluding hydrogens is 226 g/mol. The average molecular weight is 249 g/mol. The van der Waals surface area contributed by atoms with E-state index in [-0.39, 0.29) is 5.91 Å². The summed E-state index contributed by atoms with van der Waals surface area (Å²) in [5.74, 6) is -0.0437. The standard InChI is InChI=1S/C14H23N3O/c1-3-5-6-9-17-14(18)12-11-15-10-7-13(12)16-8-4-2/h7,10-11H,3-6,8-9H2,1-2H3,(H,15,16)(H,17,18). The molecule has 1 amide bonds. The molecule has 0 aromatic carbocycles. The van der Waals surface area contributed by atoms with E-state index < -0.39 is 0 Å². The summed E-state index contributed by atoms with van der Waals surface area (Å²) in [6.07, 6.45) is 7.68. The maximum Gasteiger partial charge on any atom is 0.254 e. The van der Waals surface area contributed by atoms with E-state index in [4.69, 9.17) is 0 Å². The van der Waals surface area contributed by atoms with Crippen LogP contribution in [0.25, 0.3) is 0 Å². The zero-order valence-electron chi connectivity index (χ0n) is 11.3. The molecular formula is C14H23N3O. The van der Waals surface area contributed by atoms with Gasteiger partial charge in [-0.1, -0.05) is 26.7 Å². The molecule has 2 N–H and O–H groups in total. The number of unbranched alkanes of at least 4 members (excludes halogenated alkanes) is 2. The van der Waals surface area contributed by atoms with Gasteiger partial charge in [-0.2, -0.15) is 0 Å². The van der Waals surface area contributed by atoms with E-state index >= 15 is 0 Å². The number of aromatic nitrogens is 1. The summed E-state index contributed by atoms with van der Waals surface area (Å²) >= 11 is 0. The maximum atomic E-state index is 12.0. The first-order chi connectivity index (χ1) is 8.79. The number of carbonyl (C=O) groups is 1. The van der Waals surface area contributed by atoms with Crippen molar-refractivity contribution >= 4 is 11.6 Å². The molecule has 0 saturated heterocycles. The third kappa shape index (κ3) is 4.73. The Morgan fingerprint density at radius 1 is 1.22 bits per heavy atom. The van der Waals surface area contributed by atoms with Crippen LogP contribution in [0.3, 0.4) is 0 Å². The Balaban J connectivity index is 2.55. The number of hydrogen-bond acceptors (Lipinski definition) is 3. The van der Waals surface area contributed by atoms with E-state index in [1.165, 1.54) is 0 Å². The van der Waals surface area contributed by atoms with E-state index in [1.54, 1.807) is 12.4 Å². The first-order valence-corrected chi connectivity index (χ1v) is 6.75.